The lowest BCUT2D eigenvalue weighted by atomic mass is 9.96. The van der Waals surface area contributed by atoms with Gasteiger partial charge in [0.1, 0.15) is 6.04 Å². The smallest absolute Gasteiger partial charge is 0.246 e. The van der Waals surface area contributed by atoms with Crippen molar-refractivity contribution in [3.8, 4) is 0 Å². The number of benzene rings is 1. The Bertz CT molecular complexity index is 768. The second-order valence-corrected chi connectivity index (χ2v) is 8.38. The number of likely N-dealkylation sites (N-methyl/N-ethyl adjacent to an activating group) is 1. The summed E-state index contributed by atoms with van der Waals surface area (Å²) in [5, 5.41) is 3.05. The van der Waals surface area contributed by atoms with Gasteiger partial charge < -0.3 is 15.1 Å². The number of pyridine rings is 1. The summed E-state index contributed by atoms with van der Waals surface area (Å²) < 4.78 is 0. The highest BCUT2D eigenvalue weighted by molar-refractivity contribution is 5.95. The van der Waals surface area contributed by atoms with Crippen LogP contribution in [0.3, 0.4) is 0 Å². The molecule has 1 unspecified atom stereocenters. The molecule has 2 heterocycles. The Labute approximate surface area is 174 Å². The van der Waals surface area contributed by atoms with Crippen molar-refractivity contribution in [2.75, 3.05) is 58.0 Å². The van der Waals surface area contributed by atoms with Crippen LogP contribution >= 0.6 is 0 Å². The van der Waals surface area contributed by atoms with Crippen LogP contribution in [0.25, 0.3) is 0 Å². The predicted octanol–water partition coefficient (Wildman–Crippen LogP) is 3.10. The van der Waals surface area contributed by atoms with E-state index in [1.807, 2.05) is 43.3 Å². The van der Waals surface area contributed by atoms with Crippen LogP contribution in [0.5, 0.6) is 0 Å². The maximum atomic E-state index is 12.9. The van der Waals surface area contributed by atoms with E-state index in [0.29, 0.717) is 0 Å². The van der Waals surface area contributed by atoms with Crippen molar-refractivity contribution in [2.45, 2.75) is 18.9 Å². The van der Waals surface area contributed by atoms with Crippen LogP contribution in [0.1, 0.15) is 24.4 Å². The zero-order valence-corrected chi connectivity index (χ0v) is 18.0. The molecule has 0 bridgehead atoms. The van der Waals surface area contributed by atoms with Gasteiger partial charge in [-0.2, -0.15) is 0 Å². The SMILES string of the molecule is CN(C)CC1CCN(c2ccc(NC(=O)C(c3cccnc3)N(C)C)cc2)CC1. The van der Waals surface area contributed by atoms with E-state index in [1.165, 1.54) is 25.1 Å². The van der Waals surface area contributed by atoms with Crippen LogP contribution in [-0.4, -0.2) is 68.5 Å². The maximum Gasteiger partial charge on any atom is 0.246 e. The Morgan fingerprint density at radius 3 is 2.38 bits per heavy atom. The zero-order valence-electron chi connectivity index (χ0n) is 18.0. The minimum absolute atomic E-state index is 0.0553. The summed E-state index contributed by atoms with van der Waals surface area (Å²) in [5.74, 6) is 0.732. The number of carbonyl (C=O) groups is 1. The largest absolute Gasteiger partial charge is 0.372 e. The lowest BCUT2D eigenvalue weighted by molar-refractivity contribution is -0.120. The summed E-state index contributed by atoms with van der Waals surface area (Å²) >= 11 is 0. The van der Waals surface area contributed by atoms with Crippen LogP contribution in [0.4, 0.5) is 11.4 Å². The lowest BCUT2D eigenvalue weighted by Crippen LogP contribution is -2.37. The summed E-state index contributed by atoms with van der Waals surface area (Å²) in [4.78, 5) is 23.6. The van der Waals surface area contributed by atoms with Crippen molar-refractivity contribution in [3.05, 3.63) is 54.4 Å². The third-order valence-corrected chi connectivity index (χ3v) is 5.50. The van der Waals surface area contributed by atoms with Crippen molar-refractivity contribution in [1.82, 2.24) is 14.8 Å². The first kappa shape index (κ1) is 21.3. The molecule has 1 aromatic carbocycles. The molecule has 3 rings (SSSR count). The standard InChI is InChI=1S/C23H33N5O/c1-26(2)17-18-11-14-28(15-12-18)21-9-7-20(8-10-21)25-23(29)22(27(3)4)19-6-5-13-24-16-19/h5-10,13,16,18,22H,11-12,14-15,17H2,1-4H3,(H,25,29). The number of nitrogens with zero attached hydrogens (tertiary/aromatic N) is 4. The van der Waals surface area contributed by atoms with Gasteiger partial charge in [0.25, 0.3) is 0 Å². The number of amides is 1. The second-order valence-electron chi connectivity index (χ2n) is 8.38. The van der Waals surface area contributed by atoms with Gasteiger partial charge in [0.15, 0.2) is 0 Å². The molecule has 6 heteroatoms. The van der Waals surface area contributed by atoms with Gasteiger partial charge in [0, 0.05) is 43.4 Å². The Kier molecular flexibility index (Phi) is 7.23. The summed E-state index contributed by atoms with van der Waals surface area (Å²) in [6.07, 6.45) is 5.92. The van der Waals surface area contributed by atoms with Gasteiger partial charge in [-0.05, 0) is 82.8 Å². The minimum atomic E-state index is -0.376. The number of anilines is 2. The third kappa shape index (κ3) is 5.78. The van der Waals surface area contributed by atoms with Crippen molar-refractivity contribution < 1.29 is 4.79 Å². The van der Waals surface area contributed by atoms with Crippen LogP contribution in [-0.2, 0) is 4.79 Å². The topological polar surface area (TPSA) is 51.7 Å². The lowest BCUT2D eigenvalue weighted by Gasteiger charge is -2.34. The Morgan fingerprint density at radius 2 is 1.83 bits per heavy atom. The summed E-state index contributed by atoms with van der Waals surface area (Å²) in [6.45, 7) is 3.35. The van der Waals surface area contributed by atoms with Crippen LogP contribution in [0, 0.1) is 5.92 Å². The number of nitrogens with one attached hydrogen (secondary N) is 1. The van der Waals surface area contributed by atoms with Gasteiger partial charge in [-0.3, -0.25) is 14.7 Å². The maximum absolute atomic E-state index is 12.9. The number of hydrogen-bond donors (Lipinski definition) is 1. The summed E-state index contributed by atoms with van der Waals surface area (Å²) in [6, 6.07) is 11.6. The third-order valence-electron chi connectivity index (χ3n) is 5.50. The fourth-order valence-corrected chi connectivity index (χ4v) is 4.08. The molecule has 6 nitrogen and oxygen atoms in total. The van der Waals surface area contributed by atoms with E-state index in [1.54, 1.807) is 12.4 Å². The van der Waals surface area contributed by atoms with E-state index in [0.717, 1.165) is 30.3 Å². The van der Waals surface area contributed by atoms with Crippen molar-refractivity contribution in [1.29, 1.82) is 0 Å². The Morgan fingerprint density at radius 1 is 1.14 bits per heavy atom. The molecule has 1 fully saturated rings. The van der Waals surface area contributed by atoms with Crippen molar-refractivity contribution >= 4 is 17.3 Å². The van der Waals surface area contributed by atoms with Gasteiger partial charge in [0.2, 0.25) is 5.91 Å². The van der Waals surface area contributed by atoms with E-state index in [9.17, 15) is 4.79 Å². The van der Waals surface area contributed by atoms with E-state index in [-0.39, 0.29) is 11.9 Å². The first-order chi connectivity index (χ1) is 13.9. The Hall–Kier alpha value is -2.44. The molecule has 1 aromatic heterocycles. The molecular formula is C23H33N5O. The molecule has 1 N–H and O–H groups in total. The van der Waals surface area contributed by atoms with E-state index in [2.05, 4.69) is 46.3 Å². The van der Waals surface area contributed by atoms with E-state index >= 15 is 0 Å². The fraction of sp³-hybridized carbons (Fsp3) is 0.478. The van der Waals surface area contributed by atoms with E-state index < -0.39 is 0 Å². The van der Waals surface area contributed by atoms with Gasteiger partial charge in [-0.15, -0.1) is 0 Å². The summed E-state index contributed by atoms with van der Waals surface area (Å²) in [5.41, 5.74) is 2.92. The number of carbonyl (C=O) groups excluding carboxylic acids is 1. The molecule has 1 saturated heterocycles. The molecule has 0 spiro atoms. The number of aromatic nitrogens is 1. The van der Waals surface area contributed by atoms with Gasteiger partial charge >= 0.3 is 0 Å². The quantitative estimate of drug-likeness (QED) is 0.781. The highest BCUT2D eigenvalue weighted by atomic mass is 16.2. The average Bonchev–Trinajstić information content (AvgIpc) is 2.69. The molecule has 29 heavy (non-hydrogen) atoms. The highest BCUT2D eigenvalue weighted by Gasteiger charge is 2.23. The molecule has 1 amide bonds. The minimum Gasteiger partial charge on any atom is -0.372 e. The molecule has 0 radical (unpaired) electrons. The monoisotopic (exact) mass is 395 g/mol. The molecule has 1 aliphatic rings. The average molecular weight is 396 g/mol. The number of rotatable bonds is 7. The molecule has 156 valence electrons. The predicted molar refractivity (Wildman–Crippen MR) is 119 cm³/mol. The van der Waals surface area contributed by atoms with Gasteiger partial charge in [-0.1, -0.05) is 6.07 Å². The Balaban J connectivity index is 1.60. The van der Waals surface area contributed by atoms with Crippen molar-refractivity contribution in [3.63, 3.8) is 0 Å². The molecule has 0 saturated carbocycles. The number of hydrogen-bond acceptors (Lipinski definition) is 5. The molecule has 0 aliphatic carbocycles. The molecule has 2 aromatic rings. The second kappa shape index (κ2) is 9.85. The molecular weight excluding hydrogens is 362 g/mol. The normalized spacial score (nSPS) is 16.3. The van der Waals surface area contributed by atoms with Crippen LogP contribution in [0.15, 0.2) is 48.8 Å². The highest BCUT2D eigenvalue weighted by Crippen LogP contribution is 2.26. The van der Waals surface area contributed by atoms with Gasteiger partial charge in [-0.25, -0.2) is 0 Å². The van der Waals surface area contributed by atoms with Crippen LogP contribution < -0.4 is 10.2 Å². The number of piperidine rings is 1. The summed E-state index contributed by atoms with van der Waals surface area (Å²) in [7, 11) is 8.10. The van der Waals surface area contributed by atoms with E-state index in [4.69, 9.17) is 0 Å². The first-order valence-corrected chi connectivity index (χ1v) is 10.3. The first-order valence-electron chi connectivity index (χ1n) is 10.3. The molecule has 1 aliphatic heterocycles. The van der Waals surface area contributed by atoms with Gasteiger partial charge in [0.05, 0.1) is 0 Å². The fourth-order valence-electron chi connectivity index (χ4n) is 4.08. The van der Waals surface area contributed by atoms with Crippen LogP contribution in [0.2, 0.25) is 0 Å². The zero-order chi connectivity index (χ0) is 20.8. The molecule has 1 atom stereocenters. The van der Waals surface area contributed by atoms with Crippen molar-refractivity contribution in [2.24, 2.45) is 5.92 Å².